The molecule has 1 aliphatic rings. The largest absolute Gasteiger partial charge is 0.497 e. The zero-order valence-electron chi connectivity index (χ0n) is 16.3. The number of anilines is 2. The van der Waals surface area contributed by atoms with E-state index < -0.39 is 22.5 Å². The fourth-order valence-electron chi connectivity index (χ4n) is 2.81. The van der Waals surface area contributed by atoms with E-state index in [1.807, 2.05) is 0 Å². The van der Waals surface area contributed by atoms with Crippen LogP contribution in [0.1, 0.15) is 0 Å². The summed E-state index contributed by atoms with van der Waals surface area (Å²) >= 11 is 0. The van der Waals surface area contributed by atoms with Gasteiger partial charge in [0.15, 0.2) is 11.5 Å². The molecule has 29 heavy (non-hydrogen) atoms. The van der Waals surface area contributed by atoms with E-state index in [0.717, 1.165) is 10.6 Å². The van der Waals surface area contributed by atoms with E-state index >= 15 is 0 Å². The summed E-state index contributed by atoms with van der Waals surface area (Å²) in [5.41, 5.74) is 0.697. The third-order valence-corrected chi connectivity index (χ3v) is 5.32. The van der Waals surface area contributed by atoms with Crippen molar-refractivity contribution >= 4 is 27.3 Å². The lowest BCUT2D eigenvalue weighted by Gasteiger charge is -2.25. The van der Waals surface area contributed by atoms with Crippen LogP contribution in [0.25, 0.3) is 0 Å². The molecule has 1 N–H and O–H groups in total. The predicted molar refractivity (Wildman–Crippen MR) is 108 cm³/mol. The predicted octanol–water partition coefficient (Wildman–Crippen LogP) is 1.88. The fraction of sp³-hybridized carbons (Fsp3) is 0.316. The Morgan fingerprint density at radius 1 is 1.07 bits per heavy atom. The van der Waals surface area contributed by atoms with Crippen LogP contribution >= 0.6 is 0 Å². The lowest BCUT2D eigenvalue weighted by atomic mass is 10.2. The molecule has 3 rings (SSSR count). The van der Waals surface area contributed by atoms with Gasteiger partial charge in [-0.1, -0.05) is 0 Å². The molecule has 10 heteroatoms. The number of methoxy groups -OCH3 is 2. The second-order valence-electron chi connectivity index (χ2n) is 6.21. The number of hydrogen-bond acceptors (Lipinski definition) is 7. The topological polar surface area (TPSA) is 103 Å². The first-order valence-electron chi connectivity index (χ1n) is 8.71. The minimum Gasteiger partial charge on any atom is -0.497 e. The number of fused-ring (bicyclic) bond motifs is 1. The Morgan fingerprint density at radius 3 is 2.45 bits per heavy atom. The van der Waals surface area contributed by atoms with Crippen molar-refractivity contribution in [2.45, 2.75) is 0 Å². The zero-order chi connectivity index (χ0) is 21.0. The Balaban J connectivity index is 1.82. The van der Waals surface area contributed by atoms with Crippen molar-refractivity contribution in [2.75, 3.05) is 49.9 Å². The van der Waals surface area contributed by atoms with Gasteiger partial charge < -0.3 is 24.3 Å². The summed E-state index contributed by atoms with van der Waals surface area (Å²) in [6, 6.07) is 9.61. The molecule has 0 spiro atoms. The normalized spacial score (nSPS) is 12.8. The number of hydrogen-bond donors (Lipinski definition) is 1. The zero-order valence-corrected chi connectivity index (χ0v) is 17.1. The number of carbonyl (C=O) groups is 1. The van der Waals surface area contributed by atoms with E-state index in [4.69, 9.17) is 18.9 Å². The molecule has 1 aliphatic heterocycles. The highest BCUT2D eigenvalue weighted by Gasteiger charge is 2.24. The minimum absolute atomic E-state index is 0.300. The highest BCUT2D eigenvalue weighted by atomic mass is 32.2. The molecule has 0 aliphatic carbocycles. The number of benzene rings is 2. The van der Waals surface area contributed by atoms with E-state index in [9.17, 15) is 13.2 Å². The third-order valence-electron chi connectivity index (χ3n) is 4.18. The molecule has 2 aromatic carbocycles. The van der Waals surface area contributed by atoms with Gasteiger partial charge in [0.25, 0.3) is 0 Å². The molecule has 0 saturated heterocycles. The second kappa shape index (κ2) is 8.48. The molecule has 156 valence electrons. The molecular formula is C19H22N2O7S. The summed E-state index contributed by atoms with van der Waals surface area (Å²) in [5, 5.41) is 2.67. The van der Waals surface area contributed by atoms with Crippen molar-refractivity contribution in [3.8, 4) is 23.0 Å². The standard InChI is InChI=1S/C19H22N2O7S/c1-25-14-5-6-15(17(11-14)26-2)20-19(22)12-21(29(3,23)24)13-4-7-16-18(10-13)28-9-8-27-16/h4-7,10-11H,8-9,12H2,1-3H3,(H,20,22). The number of rotatable bonds is 7. The van der Waals surface area contributed by atoms with Gasteiger partial charge in [-0.15, -0.1) is 0 Å². The van der Waals surface area contributed by atoms with Crippen LogP contribution in [-0.4, -0.2) is 54.6 Å². The molecule has 1 amide bonds. The number of ether oxygens (including phenoxy) is 4. The van der Waals surface area contributed by atoms with Crippen molar-refractivity contribution < 1.29 is 32.2 Å². The fourth-order valence-corrected chi connectivity index (χ4v) is 3.66. The van der Waals surface area contributed by atoms with Crippen molar-refractivity contribution in [1.29, 1.82) is 0 Å². The summed E-state index contributed by atoms with van der Waals surface area (Å²) in [7, 11) is -0.754. The maximum Gasteiger partial charge on any atom is 0.245 e. The Morgan fingerprint density at radius 2 is 1.79 bits per heavy atom. The van der Waals surface area contributed by atoms with E-state index in [1.54, 1.807) is 30.3 Å². The van der Waals surface area contributed by atoms with E-state index in [1.165, 1.54) is 20.3 Å². The minimum atomic E-state index is -3.73. The molecule has 0 saturated carbocycles. The summed E-state index contributed by atoms with van der Waals surface area (Å²) in [5.74, 6) is 1.38. The van der Waals surface area contributed by atoms with Gasteiger partial charge in [-0.25, -0.2) is 8.42 Å². The Bertz CT molecular complexity index is 1010. The van der Waals surface area contributed by atoms with Gasteiger partial charge in [0.2, 0.25) is 15.9 Å². The molecule has 0 bridgehead atoms. The lowest BCUT2D eigenvalue weighted by molar-refractivity contribution is -0.114. The molecule has 0 fully saturated rings. The summed E-state index contributed by atoms with van der Waals surface area (Å²) in [6.45, 7) is 0.370. The van der Waals surface area contributed by atoms with Crippen molar-refractivity contribution in [1.82, 2.24) is 0 Å². The number of nitrogens with zero attached hydrogens (tertiary/aromatic N) is 1. The maximum atomic E-state index is 12.6. The van der Waals surface area contributed by atoms with Crippen LogP contribution in [-0.2, 0) is 14.8 Å². The van der Waals surface area contributed by atoms with E-state index in [0.29, 0.717) is 47.6 Å². The molecular weight excluding hydrogens is 400 g/mol. The van der Waals surface area contributed by atoms with Crippen molar-refractivity contribution in [3.05, 3.63) is 36.4 Å². The van der Waals surface area contributed by atoms with Crippen molar-refractivity contribution in [3.63, 3.8) is 0 Å². The molecule has 0 unspecified atom stereocenters. The third kappa shape index (κ3) is 4.83. The smallest absolute Gasteiger partial charge is 0.245 e. The molecule has 0 radical (unpaired) electrons. The Hall–Kier alpha value is -3.14. The van der Waals surface area contributed by atoms with Crippen LogP contribution in [0.2, 0.25) is 0 Å². The van der Waals surface area contributed by atoms with E-state index in [2.05, 4.69) is 5.32 Å². The van der Waals surface area contributed by atoms with Crippen LogP contribution in [0.5, 0.6) is 23.0 Å². The summed E-state index contributed by atoms with van der Waals surface area (Å²) in [4.78, 5) is 12.6. The van der Waals surface area contributed by atoms with Gasteiger partial charge >= 0.3 is 0 Å². The molecule has 2 aromatic rings. The van der Waals surface area contributed by atoms with Crippen LogP contribution in [0.4, 0.5) is 11.4 Å². The summed E-state index contributed by atoms with van der Waals surface area (Å²) in [6.07, 6.45) is 1.03. The molecule has 0 aromatic heterocycles. The van der Waals surface area contributed by atoms with Gasteiger partial charge in [-0.05, 0) is 24.3 Å². The summed E-state index contributed by atoms with van der Waals surface area (Å²) < 4.78 is 47.0. The first kappa shape index (κ1) is 20.6. The van der Waals surface area contributed by atoms with Gasteiger partial charge in [0, 0.05) is 12.1 Å². The first-order chi connectivity index (χ1) is 13.8. The van der Waals surface area contributed by atoms with E-state index in [-0.39, 0.29) is 0 Å². The number of sulfonamides is 1. The second-order valence-corrected chi connectivity index (χ2v) is 8.12. The van der Waals surface area contributed by atoms with Crippen LogP contribution < -0.4 is 28.6 Å². The highest BCUT2D eigenvalue weighted by molar-refractivity contribution is 7.92. The Labute approximate surface area is 169 Å². The average Bonchev–Trinajstić information content (AvgIpc) is 2.71. The number of amides is 1. The number of nitrogens with one attached hydrogen (secondary N) is 1. The molecule has 9 nitrogen and oxygen atoms in total. The maximum absolute atomic E-state index is 12.6. The van der Waals surface area contributed by atoms with Gasteiger partial charge in [-0.3, -0.25) is 9.10 Å². The monoisotopic (exact) mass is 422 g/mol. The highest BCUT2D eigenvalue weighted by Crippen LogP contribution is 2.35. The Kier molecular flexibility index (Phi) is 6.02. The van der Waals surface area contributed by atoms with Gasteiger partial charge in [0.05, 0.1) is 31.9 Å². The molecule has 1 heterocycles. The van der Waals surface area contributed by atoms with Gasteiger partial charge in [-0.2, -0.15) is 0 Å². The van der Waals surface area contributed by atoms with Gasteiger partial charge in [0.1, 0.15) is 31.3 Å². The molecule has 0 atom stereocenters. The lowest BCUT2D eigenvalue weighted by Crippen LogP contribution is -2.37. The first-order valence-corrected chi connectivity index (χ1v) is 10.6. The van der Waals surface area contributed by atoms with Crippen molar-refractivity contribution in [2.24, 2.45) is 0 Å². The SMILES string of the molecule is COc1ccc(NC(=O)CN(c2ccc3c(c2)OCCO3)S(C)(=O)=O)c(OC)c1. The van der Waals surface area contributed by atoms with Crippen LogP contribution in [0, 0.1) is 0 Å². The average molecular weight is 422 g/mol. The quantitative estimate of drug-likeness (QED) is 0.727. The van der Waals surface area contributed by atoms with Crippen LogP contribution in [0.15, 0.2) is 36.4 Å². The van der Waals surface area contributed by atoms with Crippen LogP contribution in [0.3, 0.4) is 0 Å². The number of carbonyl (C=O) groups excluding carboxylic acids is 1.